The van der Waals surface area contributed by atoms with Crippen LogP contribution in [0.4, 0.5) is 0 Å². The highest BCUT2D eigenvalue weighted by molar-refractivity contribution is 6.02. The minimum atomic E-state index is -0.135. The van der Waals surface area contributed by atoms with E-state index in [1.54, 1.807) is 50.9 Å². The number of fused-ring (bicyclic) bond motifs is 5. The SMILES string of the molecule is CNC(=O)c1ccc(-c2cc3c(-c4ccc(OC5CCOCC5)c(C#N)c4)ccnc3[nH]2)cc1.CNC(=O)c1cccc(-c2cc3c(-c4ccc(OC5CCOCC5)c(C#N)c4)ccnc3[nH]2)c1.N#Cc1cc(-c2ccnc3[nH]c(-c4cc5ccccc5[nH]4)cc23)ccc1OC1CCOCC1.N#Cc1cc(-c2ccnc3[nH]c(-c4cccc(CN5CCOCC5)c4)cc23)ccc1OC1CCOCC1. The lowest BCUT2D eigenvalue weighted by atomic mass is 10.0. The van der Waals surface area contributed by atoms with Crippen molar-refractivity contribution in [1.82, 2.24) is 60.4 Å². The molecule has 22 rings (SSSR count). The minimum absolute atomic E-state index is 0.0668. The Morgan fingerprint density at radius 1 is 0.341 bits per heavy atom. The van der Waals surface area contributed by atoms with E-state index in [9.17, 15) is 30.6 Å². The molecule has 5 aliphatic rings. The van der Waals surface area contributed by atoms with Crippen LogP contribution in [0.25, 0.3) is 145 Å². The van der Waals surface area contributed by atoms with Gasteiger partial charge < -0.3 is 78.2 Å². The highest BCUT2D eigenvalue weighted by atomic mass is 16.5. The Bertz CT molecular complexity index is 7430. The van der Waals surface area contributed by atoms with Crippen LogP contribution in [-0.2, 0) is 30.2 Å². The zero-order chi connectivity index (χ0) is 94.2. The van der Waals surface area contributed by atoms with Gasteiger partial charge in [0.15, 0.2) is 0 Å². The third kappa shape index (κ3) is 20.9. The summed E-state index contributed by atoms with van der Waals surface area (Å²) in [6, 6.07) is 82.4. The normalized spacial score (nSPS) is 14.9. The summed E-state index contributed by atoms with van der Waals surface area (Å²) in [5, 5.41) is 49.5. The van der Waals surface area contributed by atoms with Gasteiger partial charge in [0.2, 0.25) is 0 Å². The number of nitriles is 4. The first-order chi connectivity index (χ1) is 67.9. The van der Waals surface area contributed by atoms with Crippen LogP contribution in [0, 0.1) is 45.3 Å². The van der Waals surface area contributed by atoms with Crippen LogP contribution in [0.3, 0.4) is 0 Å². The summed E-state index contributed by atoms with van der Waals surface area (Å²) in [5.41, 5.74) is 24.3. The van der Waals surface area contributed by atoms with Crippen LogP contribution in [-0.4, -0.2) is 179 Å². The molecule has 27 nitrogen and oxygen atoms in total. The number of benzene rings is 8. The van der Waals surface area contributed by atoms with Crippen molar-refractivity contribution in [2.24, 2.45) is 0 Å². The molecule has 138 heavy (non-hydrogen) atoms. The van der Waals surface area contributed by atoms with Gasteiger partial charge in [0.25, 0.3) is 11.8 Å². The number of H-pyrrole nitrogens is 5. The van der Waals surface area contributed by atoms with Crippen molar-refractivity contribution in [3.63, 3.8) is 0 Å². The van der Waals surface area contributed by atoms with Crippen molar-refractivity contribution in [2.75, 3.05) is 93.3 Å². The lowest BCUT2D eigenvalue weighted by Gasteiger charge is -2.26. The molecule has 8 aromatic carbocycles. The quantitative estimate of drug-likeness (QED) is 0.0373. The van der Waals surface area contributed by atoms with Crippen molar-refractivity contribution in [1.29, 1.82) is 21.0 Å². The number of carbonyl (C=O) groups is 2. The summed E-state index contributed by atoms with van der Waals surface area (Å²) in [7, 11) is 3.23. The number of hydrogen-bond donors (Lipinski definition) is 7. The monoisotopic (exact) mass is 1830 g/mol. The number of amides is 2. The second-order valence-corrected chi connectivity index (χ2v) is 34.4. The average Bonchev–Trinajstić information content (AvgIpc) is 1.64. The summed E-state index contributed by atoms with van der Waals surface area (Å²) < 4.78 is 51.6. The summed E-state index contributed by atoms with van der Waals surface area (Å²) in [5.74, 6) is 2.22. The van der Waals surface area contributed by atoms with Crippen molar-refractivity contribution in [3.05, 3.63) is 288 Å². The summed E-state index contributed by atoms with van der Waals surface area (Å²) in [6.45, 7) is 9.98. The first-order valence-corrected chi connectivity index (χ1v) is 46.6. The van der Waals surface area contributed by atoms with E-state index >= 15 is 0 Å². The number of ether oxygens (including phenoxy) is 9. The molecule has 0 saturated carbocycles. The molecular weight excluding hydrogens is 1730 g/mol. The molecule has 9 aromatic heterocycles. The Hall–Kier alpha value is -16.1. The molecule has 27 heteroatoms. The van der Waals surface area contributed by atoms with Crippen LogP contribution < -0.4 is 29.6 Å². The number of rotatable bonds is 20. The fourth-order valence-electron chi connectivity index (χ4n) is 18.2. The number of morpholine rings is 1. The van der Waals surface area contributed by atoms with Gasteiger partial charge in [-0.1, -0.05) is 84.9 Å². The number of hydrogen-bond acceptors (Lipinski definition) is 20. The van der Waals surface area contributed by atoms with Crippen LogP contribution in [0.5, 0.6) is 23.0 Å². The number of nitrogens with one attached hydrogen (secondary N) is 7. The molecule has 0 bridgehead atoms. The predicted octanol–water partition coefficient (Wildman–Crippen LogP) is 20.3. The topological polar surface area (TPSA) is 370 Å². The standard InChI is InChI=1S/C30H30N4O3.2C27H24N4O3.C27H22N4O2/c31-19-24-17-22(4-5-29(24)37-25-7-12-35-13-8-25)26-6-9-32-30-27(26)18-28(33-30)23-3-1-2-21(16-23)20-34-10-14-36-15-11-34;1-29-27(32)18-4-2-17(3-5-18)24-15-23-22(8-11-30-26(23)31-24)19-6-7-25(20(14-19)16-28)34-21-9-12-33-13-10-21;1-29-27(32)19-4-2-3-18(14-19)24-15-23-22(7-10-30-26(23)31-24)17-5-6-25(20(13-17)16-28)34-21-8-11-33-12-9-21;28-16-19-13-17(5-6-26(19)33-20-8-11-32-12-9-20)21-7-10-29-27-22(21)15-25(31-27)24-14-18-3-1-2-4-23(18)30-24/h1-6,9,16-18,25H,7-8,10-15,20H2,(H,32,33);2-8,11,14-15,21H,9-10,12-13H2,1H3,(H,29,32)(H,30,31);2-7,10,13-15,21H,8-9,11-12H2,1H3,(H,29,32)(H,30,31);1-7,10,13-15,20,30H,8-9,11-12H2,(H,29,31). The molecule has 7 N–H and O–H groups in total. The maximum absolute atomic E-state index is 12.0. The van der Waals surface area contributed by atoms with Gasteiger partial charge in [0.1, 0.15) is 94.3 Å². The first-order valence-electron chi connectivity index (χ1n) is 46.6. The molecule has 5 aliphatic heterocycles. The van der Waals surface area contributed by atoms with Gasteiger partial charge in [-0.3, -0.25) is 14.5 Å². The number of aromatic nitrogens is 9. The van der Waals surface area contributed by atoms with Gasteiger partial charge >= 0.3 is 0 Å². The molecule has 0 spiro atoms. The molecule has 0 unspecified atom stereocenters. The Balaban J connectivity index is 0.000000118. The zero-order valence-corrected chi connectivity index (χ0v) is 76.3. The summed E-state index contributed by atoms with van der Waals surface area (Å²) in [4.78, 5) is 61.5. The molecule has 0 aliphatic carbocycles. The van der Waals surface area contributed by atoms with Crippen LogP contribution >= 0.6 is 0 Å². The Morgan fingerprint density at radius 2 is 0.681 bits per heavy atom. The van der Waals surface area contributed by atoms with Gasteiger partial charge in [0.05, 0.1) is 99.7 Å². The van der Waals surface area contributed by atoms with E-state index in [0.29, 0.717) is 109 Å². The summed E-state index contributed by atoms with van der Waals surface area (Å²) >= 11 is 0. The first kappa shape index (κ1) is 91.1. The third-order valence-electron chi connectivity index (χ3n) is 25.5. The van der Waals surface area contributed by atoms with Crippen molar-refractivity contribution in [3.8, 4) is 137 Å². The maximum atomic E-state index is 12.0. The molecule has 690 valence electrons. The van der Waals surface area contributed by atoms with Crippen LogP contribution in [0.1, 0.15) is 99.9 Å². The fraction of sp³-hybridized carbons (Fsp3) is 0.243. The van der Waals surface area contributed by atoms with E-state index in [2.05, 4.69) is 139 Å². The Labute approximate surface area is 796 Å². The predicted molar refractivity (Wildman–Crippen MR) is 529 cm³/mol. The molecule has 14 heterocycles. The Kier molecular flexibility index (Phi) is 28.1. The maximum Gasteiger partial charge on any atom is 0.251 e. The average molecular weight is 1830 g/mol. The van der Waals surface area contributed by atoms with Gasteiger partial charge in [-0.05, 0) is 206 Å². The van der Waals surface area contributed by atoms with E-state index in [1.165, 1.54) is 5.56 Å². The fourth-order valence-corrected chi connectivity index (χ4v) is 18.2. The Morgan fingerprint density at radius 3 is 1.07 bits per heavy atom. The van der Waals surface area contributed by atoms with Gasteiger partial charge in [-0.15, -0.1) is 0 Å². The lowest BCUT2D eigenvalue weighted by molar-refractivity contribution is 0.0252. The molecule has 17 aromatic rings. The molecule has 5 saturated heterocycles. The van der Waals surface area contributed by atoms with Gasteiger partial charge in [-0.2, -0.15) is 21.0 Å². The van der Waals surface area contributed by atoms with Crippen LogP contribution in [0.15, 0.2) is 249 Å². The van der Waals surface area contributed by atoms with Crippen LogP contribution in [0.2, 0.25) is 0 Å². The van der Waals surface area contributed by atoms with Crippen molar-refractivity contribution >= 4 is 66.9 Å². The molecule has 2 amide bonds. The van der Waals surface area contributed by atoms with Crippen molar-refractivity contribution < 1.29 is 52.2 Å². The molecule has 0 atom stereocenters. The molecule has 0 radical (unpaired) electrons. The number of carbonyl (C=O) groups excluding carboxylic acids is 2. The summed E-state index contributed by atoms with van der Waals surface area (Å²) in [6.07, 6.45) is 14.1. The van der Waals surface area contributed by atoms with E-state index < -0.39 is 0 Å². The number of pyridine rings is 4. The number of aromatic amines is 5. The van der Waals surface area contributed by atoms with E-state index in [0.717, 1.165) is 229 Å². The second kappa shape index (κ2) is 42.7. The van der Waals surface area contributed by atoms with Gasteiger partial charge in [-0.25, -0.2) is 19.9 Å². The van der Waals surface area contributed by atoms with Gasteiger partial charge in [0, 0.05) is 171 Å². The van der Waals surface area contributed by atoms with Crippen molar-refractivity contribution in [2.45, 2.75) is 82.3 Å². The third-order valence-corrected chi connectivity index (χ3v) is 25.5. The van der Waals surface area contributed by atoms with E-state index in [-0.39, 0.29) is 36.2 Å². The second-order valence-electron chi connectivity index (χ2n) is 34.4. The molecule has 5 fully saturated rings. The zero-order valence-electron chi connectivity index (χ0n) is 76.3. The number of para-hydroxylation sites is 1. The van der Waals surface area contributed by atoms with E-state index in [1.807, 2.05) is 158 Å². The number of nitrogens with zero attached hydrogens (tertiary/aromatic N) is 9. The lowest BCUT2D eigenvalue weighted by Crippen LogP contribution is -2.35. The highest BCUT2D eigenvalue weighted by Crippen LogP contribution is 2.42. The molecular formula is C111H100N16O11. The smallest absolute Gasteiger partial charge is 0.251 e. The highest BCUT2D eigenvalue weighted by Gasteiger charge is 2.26. The minimum Gasteiger partial charge on any atom is -0.489 e. The largest absolute Gasteiger partial charge is 0.489 e. The van der Waals surface area contributed by atoms with E-state index in [4.69, 9.17) is 42.6 Å².